The summed E-state index contributed by atoms with van der Waals surface area (Å²) in [6.45, 7) is 2.20. The quantitative estimate of drug-likeness (QED) is 0.495. The van der Waals surface area contributed by atoms with Crippen molar-refractivity contribution in [3.8, 4) is 0 Å². The lowest BCUT2D eigenvalue weighted by Crippen LogP contribution is -2.45. The van der Waals surface area contributed by atoms with Gasteiger partial charge >= 0.3 is 5.97 Å². The maximum atomic E-state index is 11.1. The van der Waals surface area contributed by atoms with E-state index in [-0.39, 0.29) is 5.97 Å². The number of methoxy groups -OCH3 is 1. The molecular formula is C7H13NO3. The minimum absolute atomic E-state index is 0.311. The fraction of sp³-hybridized carbons (Fsp3) is 0.857. The largest absolute Gasteiger partial charge is 0.468 e. The van der Waals surface area contributed by atoms with Gasteiger partial charge in [0, 0.05) is 13.0 Å². The van der Waals surface area contributed by atoms with Crippen molar-refractivity contribution < 1.29 is 14.6 Å². The van der Waals surface area contributed by atoms with E-state index in [1.54, 1.807) is 6.92 Å². The van der Waals surface area contributed by atoms with Crippen LogP contribution in [0.5, 0.6) is 0 Å². The fourth-order valence-electron chi connectivity index (χ4n) is 1.34. The molecule has 2 atom stereocenters. The Morgan fingerprint density at radius 1 is 1.82 bits per heavy atom. The van der Waals surface area contributed by atoms with Crippen LogP contribution in [0.15, 0.2) is 0 Å². The van der Waals surface area contributed by atoms with E-state index in [4.69, 9.17) is 5.11 Å². The predicted octanol–water partition coefficient (Wildman–Crippen LogP) is -0.728. The Balaban J connectivity index is 2.61. The highest BCUT2D eigenvalue weighted by Crippen LogP contribution is 2.19. The number of esters is 1. The molecule has 0 radical (unpaired) electrons. The Hall–Kier alpha value is -0.610. The Morgan fingerprint density at radius 2 is 2.45 bits per heavy atom. The van der Waals surface area contributed by atoms with Crippen molar-refractivity contribution >= 4 is 5.97 Å². The Morgan fingerprint density at radius 3 is 2.82 bits per heavy atom. The van der Waals surface area contributed by atoms with Crippen LogP contribution in [0.4, 0.5) is 0 Å². The molecule has 1 saturated heterocycles. The molecule has 2 N–H and O–H groups in total. The number of nitrogens with one attached hydrogen (secondary N) is 1. The number of hydrogen-bond donors (Lipinski definition) is 2. The van der Waals surface area contributed by atoms with Gasteiger partial charge in [0.25, 0.3) is 0 Å². The predicted molar refractivity (Wildman–Crippen MR) is 39.0 cm³/mol. The monoisotopic (exact) mass is 159 g/mol. The van der Waals surface area contributed by atoms with E-state index in [0.717, 1.165) is 0 Å². The van der Waals surface area contributed by atoms with Crippen LogP contribution in [0.1, 0.15) is 13.3 Å². The standard InChI is InChI=1S/C7H13NO3/c1-7(6(10)11-2)3-5(9)4-8-7/h5,8-9H,3-4H2,1-2H3/t5-,7-/m0/s1. The van der Waals surface area contributed by atoms with Crippen LogP contribution in [-0.2, 0) is 9.53 Å². The first-order chi connectivity index (χ1) is 5.08. The van der Waals surface area contributed by atoms with Crippen molar-refractivity contribution in [2.24, 2.45) is 0 Å². The molecule has 64 valence electrons. The number of hydrogen-bond acceptors (Lipinski definition) is 4. The van der Waals surface area contributed by atoms with Gasteiger partial charge in [0.15, 0.2) is 0 Å². The molecule has 11 heavy (non-hydrogen) atoms. The van der Waals surface area contributed by atoms with Crippen molar-refractivity contribution in [3.63, 3.8) is 0 Å². The van der Waals surface area contributed by atoms with Gasteiger partial charge in [-0.05, 0) is 6.92 Å². The summed E-state index contributed by atoms with van der Waals surface area (Å²) >= 11 is 0. The average Bonchev–Trinajstić information content (AvgIpc) is 2.31. The van der Waals surface area contributed by atoms with E-state index in [0.29, 0.717) is 13.0 Å². The molecule has 4 heteroatoms. The van der Waals surface area contributed by atoms with Gasteiger partial charge in [-0.1, -0.05) is 0 Å². The highest BCUT2D eigenvalue weighted by atomic mass is 16.5. The summed E-state index contributed by atoms with van der Waals surface area (Å²) in [6, 6.07) is 0. The van der Waals surface area contributed by atoms with Gasteiger partial charge in [-0.2, -0.15) is 0 Å². The lowest BCUT2D eigenvalue weighted by atomic mass is 10.00. The molecule has 0 aromatic heterocycles. The van der Waals surface area contributed by atoms with Crippen molar-refractivity contribution in [3.05, 3.63) is 0 Å². The number of carbonyl (C=O) groups is 1. The topological polar surface area (TPSA) is 58.6 Å². The molecule has 0 bridgehead atoms. The van der Waals surface area contributed by atoms with E-state index in [9.17, 15) is 4.79 Å². The minimum Gasteiger partial charge on any atom is -0.468 e. The first-order valence-electron chi connectivity index (χ1n) is 3.60. The van der Waals surface area contributed by atoms with E-state index in [1.165, 1.54) is 7.11 Å². The van der Waals surface area contributed by atoms with Gasteiger partial charge in [0.2, 0.25) is 0 Å². The number of aliphatic hydroxyl groups is 1. The third kappa shape index (κ3) is 1.52. The molecule has 1 aliphatic rings. The Kier molecular flexibility index (Phi) is 2.15. The van der Waals surface area contributed by atoms with E-state index >= 15 is 0 Å². The number of ether oxygens (including phenoxy) is 1. The van der Waals surface area contributed by atoms with Gasteiger partial charge < -0.3 is 9.84 Å². The second-order valence-corrected chi connectivity index (χ2v) is 3.06. The van der Waals surface area contributed by atoms with Crippen LogP contribution in [-0.4, -0.2) is 36.4 Å². The summed E-state index contributed by atoms with van der Waals surface area (Å²) in [4.78, 5) is 11.1. The summed E-state index contributed by atoms with van der Waals surface area (Å²) < 4.78 is 4.57. The fourth-order valence-corrected chi connectivity index (χ4v) is 1.34. The van der Waals surface area contributed by atoms with Gasteiger partial charge in [-0.3, -0.25) is 10.1 Å². The number of aliphatic hydroxyl groups excluding tert-OH is 1. The number of rotatable bonds is 1. The zero-order chi connectivity index (χ0) is 8.48. The van der Waals surface area contributed by atoms with Crippen LogP contribution in [0.3, 0.4) is 0 Å². The minimum atomic E-state index is -0.686. The van der Waals surface area contributed by atoms with Crippen LogP contribution < -0.4 is 5.32 Å². The molecule has 0 aliphatic carbocycles. The van der Waals surface area contributed by atoms with Gasteiger partial charge in [-0.15, -0.1) is 0 Å². The molecule has 0 amide bonds. The van der Waals surface area contributed by atoms with Crippen molar-refractivity contribution in [1.29, 1.82) is 0 Å². The van der Waals surface area contributed by atoms with E-state index in [1.807, 2.05) is 0 Å². The van der Waals surface area contributed by atoms with E-state index < -0.39 is 11.6 Å². The zero-order valence-corrected chi connectivity index (χ0v) is 6.76. The molecule has 1 fully saturated rings. The van der Waals surface area contributed by atoms with Gasteiger partial charge in [0.05, 0.1) is 13.2 Å². The van der Waals surface area contributed by atoms with Crippen LogP contribution in [0.2, 0.25) is 0 Å². The summed E-state index contributed by atoms with van der Waals surface area (Å²) in [5.41, 5.74) is -0.686. The molecule has 0 spiro atoms. The summed E-state index contributed by atoms with van der Waals surface area (Å²) in [6.07, 6.45) is -0.00116. The van der Waals surface area contributed by atoms with E-state index in [2.05, 4.69) is 10.1 Å². The van der Waals surface area contributed by atoms with Crippen LogP contribution in [0.25, 0.3) is 0 Å². The van der Waals surface area contributed by atoms with Crippen molar-refractivity contribution in [2.45, 2.75) is 25.0 Å². The smallest absolute Gasteiger partial charge is 0.325 e. The number of β-amino-alcohol motifs (C(OH)–C–C–N with tert-alkyl or cyclic N) is 1. The van der Waals surface area contributed by atoms with Crippen molar-refractivity contribution in [2.75, 3.05) is 13.7 Å². The number of carbonyl (C=O) groups excluding carboxylic acids is 1. The molecule has 1 aliphatic heterocycles. The molecular weight excluding hydrogens is 146 g/mol. The lowest BCUT2D eigenvalue weighted by Gasteiger charge is -2.19. The summed E-state index contributed by atoms with van der Waals surface area (Å²) in [7, 11) is 1.35. The maximum absolute atomic E-state index is 11.1. The Bertz CT molecular complexity index is 171. The third-order valence-corrected chi connectivity index (χ3v) is 2.01. The lowest BCUT2D eigenvalue weighted by molar-refractivity contribution is -0.147. The highest BCUT2D eigenvalue weighted by molar-refractivity contribution is 5.80. The normalized spacial score (nSPS) is 37.2. The summed E-state index contributed by atoms with van der Waals surface area (Å²) in [5.74, 6) is -0.311. The molecule has 0 unspecified atom stereocenters. The molecule has 4 nitrogen and oxygen atoms in total. The average molecular weight is 159 g/mol. The van der Waals surface area contributed by atoms with Gasteiger partial charge in [-0.25, -0.2) is 0 Å². The second kappa shape index (κ2) is 2.79. The van der Waals surface area contributed by atoms with Crippen molar-refractivity contribution in [1.82, 2.24) is 5.32 Å². The molecule has 1 rings (SSSR count). The maximum Gasteiger partial charge on any atom is 0.325 e. The molecule has 0 aromatic rings. The Labute approximate surface area is 65.5 Å². The van der Waals surface area contributed by atoms with Crippen LogP contribution >= 0.6 is 0 Å². The van der Waals surface area contributed by atoms with Gasteiger partial charge in [0.1, 0.15) is 5.54 Å². The second-order valence-electron chi connectivity index (χ2n) is 3.06. The SMILES string of the molecule is COC(=O)[C@]1(C)C[C@H](O)CN1. The summed E-state index contributed by atoms with van der Waals surface area (Å²) in [5, 5.41) is 12.0. The first kappa shape index (κ1) is 8.49. The molecule has 1 heterocycles. The molecule has 0 saturated carbocycles. The first-order valence-corrected chi connectivity index (χ1v) is 3.60. The van der Waals surface area contributed by atoms with Crippen LogP contribution in [0, 0.1) is 0 Å². The highest BCUT2D eigenvalue weighted by Gasteiger charge is 2.41. The zero-order valence-electron chi connectivity index (χ0n) is 6.76. The third-order valence-electron chi connectivity index (χ3n) is 2.01. The molecule has 0 aromatic carbocycles.